The highest BCUT2D eigenvalue weighted by molar-refractivity contribution is 7.21. The van der Waals surface area contributed by atoms with E-state index in [4.69, 9.17) is 4.74 Å². The van der Waals surface area contributed by atoms with E-state index in [-0.39, 0.29) is 17.7 Å². The average Bonchev–Trinajstić information content (AvgIpc) is 3.38. The van der Waals surface area contributed by atoms with E-state index < -0.39 is 0 Å². The summed E-state index contributed by atoms with van der Waals surface area (Å²) in [4.78, 5) is 32.9. The lowest BCUT2D eigenvalue weighted by Gasteiger charge is -2.27. The summed E-state index contributed by atoms with van der Waals surface area (Å²) in [6.45, 7) is 10.3. The van der Waals surface area contributed by atoms with Gasteiger partial charge in [0.15, 0.2) is 0 Å². The molecule has 7 heteroatoms. The van der Waals surface area contributed by atoms with Gasteiger partial charge in [0.05, 0.1) is 24.6 Å². The Bertz CT molecular complexity index is 902. The largest absolute Gasteiger partial charge is 0.378 e. The molecule has 0 spiro atoms. The number of amides is 2. The Balaban J connectivity index is 1.57. The predicted molar refractivity (Wildman–Crippen MR) is 120 cm³/mol. The lowest BCUT2D eigenvalue weighted by molar-refractivity contribution is -0.131. The third-order valence-electron chi connectivity index (χ3n) is 6.28. The molecular formula is C23H31N3O3S. The van der Waals surface area contributed by atoms with Crippen molar-refractivity contribution >= 4 is 33.2 Å². The number of ether oxygens (including phenoxy) is 1. The van der Waals surface area contributed by atoms with Crippen molar-refractivity contribution in [2.45, 2.75) is 26.2 Å². The fourth-order valence-electron chi connectivity index (χ4n) is 4.62. The third-order valence-corrected chi connectivity index (χ3v) is 7.46. The molecule has 2 saturated heterocycles. The van der Waals surface area contributed by atoms with E-state index in [1.54, 1.807) is 11.3 Å². The second-order valence-corrected chi connectivity index (χ2v) is 9.08. The van der Waals surface area contributed by atoms with Crippen molar-refractivity contribution in [3.05, 3.63) is 34.7 Å². The molecule has 162 valence electrons. The van der Waals surface area contributed by atoms with Gasteiger partial charge in [-0.05, 0) is 43.8 Å². The maximum Gasteiger partial charge on any atom is 0.264 e. The smallest absolute Gasteiger partial charge is 0.264 e. The first-order chi connectivity index (χ1) is 14.6. The normalized spacial score (nSPS) is 20.1. The van der Waals surface area contributed by atoms with Gasteiger partial charge in [-0.25, -0.2) is 0 Å². The Labute approximate surface area is 182 Å². The molecule has 1 unspecified atom stereocenters. The van der Waals surface area contributed by atoms with Crippen LogP contribution in [0.15, 0.2) is 24.3 Å². The zero-order valence-electron chi connectivity index (χ0n) is 17.9. The maximum atomic E-state index is 13.4. The topological polar surface area (TPSA) is 53.1 Å². The molecule has 2 aliphatic rings. The third kappa shape index (κ3) is 4.24. The number of thiophene rings is 1. The lowest BCUT2D eigenvalue weighted by Crippen LogP contribution is -2.41. The van der Waals surface area contributed by atoms with Crippen LogP contribution in [-0.2, 0) is 9.53 Å². The van der Waals surface area contributed by atoms with Gasteiger partial charge in [-0.3, -0.25) is 14.5 Å². The van der Waals surface area contributed by atoms with Crippen molar-refractivity contribution in [2.24, 2.45) is 0 Å². The van der Waals surface area contributed by atoms with E-state index in [0.29, 0.717) is 32.8 Å². The maximum absolute atomic E-state index is 13.4. The van der Waals surface area contributed by atoms with E-state index in [2.05, 4.69) is 23.1 Å². The SMILES string of the molecule is CCN(CC)C(=O)CN1CCC(c2c(C(=O)N3CCOCC3)sc3ccccc23)C1. The number of likely N-dealkylation sites (N-methyl/N-ethyl adjacent to an activating group) is 1. The van der Waals surface area contributed by atoms with Crippen LogP contribution in [-0.4, -0.2) is 85.5 Å². The van der Waals surface area contributed by atoms with Crippen LogP contribution in [0.5, 0.6) is 0 Å². The molecule has 1 atom stereocenters. The highest BCUT2D eigenvalue weighted by Gasteiger charge is 2.33. The number of morpholine rings is 1. The van der Waals surface area contributed by atoms with Crippen LogP contribution in [0.3, 0.4) is 0 Å². The molecule has 1 aromatic heterocycles. The Hall–Kier alpha value is -1.96. The average molecular weight is 430 g/mol. The molecule has 0 saturated carbocycles. The Kier molecular flexibility index (Phi) is 6.71. The fraction of sp³-hybridized carbons (Fsp3) is 0.565. The molecule has 2 aromatic rings. The van der Waals surface area contributed by atoms with Crippen LogP contribution in [0, 0.1) is 0 Å². The summed E-state index contributed by atoms with van der Waals surface area (Å²) in [7, 11) is 0. The predicted octanol–water partition coefficient (Wildman–Crippen LogP) is 3.03. The zero-order valence-corrected chi connectivity index (χ0v) is 18.7. The molecule has 0 N–H and O–H groups in total. The number of nitrogens with zero attached hydrogens (tertiary/aromatic N) is 3. The quantitative estimate of drug-likeness (QED) is 0.708. The van der Waals surface area contributed by atoms with Crippen LogP contribution in [0.1, 0.15) is 41.4 Å². The number of fused-ring (bicyclic) bond motifs is 1. The van der Waals surface area contributed by atoms with E-state index >= 15 is 0 Å². The van der Waals surface area contributed by atoms with E-state index in [0.717, 1.165) is 37.5 Å². The number of likely N-dealkylation sites (tertiary alicyclic amines) is 1. The molecule has 1 aromatic carbocycles. The summed E-state index contributed by atoms with van der Waals surface area (Å²) in [5.41, 5.74) is 1.19. The monoisotopic (exact) mass is 429 g/mol. The number of hydrogen-bond donors (Lipinski definition) is 0. The van der Waals surface area contributed by atoms with Crippen molar-refractivity contribution in [1.29, 1.82) is 0 Å². The molecule has 0 bridgehead atoms. The molecule has 3 heterocycles. The number of carbonyl (C=O) groups excluding carboxylic acids is 2. The van der Waals surface area contributed by atoms with Crippen LogP contribution >= 0.6 is 11.3 Å². The summed E-state index contributed by atoms with van der Waals surface area (Å²) in [6, 6.07) is 8.34. The van der Waals surface area contributed by atoms with Gasteiger partial charge in [0, 0.05) is 43.3 Å². The summed E-state index contributed by atoms with van der Waals surface area (Å²) in [5.74, 6) is 0.609. The Morgan fingerprint density at radius 2 is 1.87 bits per heavy atom. The van der Waals surface area contributed by atoms with Gasteiger partial charge < -0.3 is 14.5 Å². The van der Waals surface area contributed by atoms with E-state index in [1.807, 2.05) is 29.7 Å². The summed E-state index contributed by atoms with van der Waals surface area (Å²) < 4.78 is 6.60. The summed E-state index contributed by atoms with van der Waals surface area (Å²) >= 11 is 1.61. The first-order valence-corrected chi connectivity index (χ1v) is 11.8. The number of hydrogen-bond acceptors (Lipinski definition) is 5. The standard InChI is InChI=1S/C23H31N3O3S/c1-3-25(4-2)20(27)16-24-10-9-17(15-24)21-18-7-5-6-8-19(18)30-22(21)23(28)26-11-13-29-14-12-26/h5-8,17H,3-4,9-16H2,1-2H3. The first-order valence-electron chi connectivity index (χ1n) is 11.0. The van der Waals surface area contributed by atoms with Crippen LogP contribution < -0.4 is 0 Å². The number of rotatable bonds is 6. The highest BCUT2D eigenvalue weighted by atomic mass is 32.1. The molecule has 4 rings (SSSR count). The second-order valence-electron chi connectivity index (χ2n) is 8.03. The van der Waals surface area contributed by atoms with Gasteiger partial charge in [0.2, 0.25) is 5.91 Å². The lowest BCUT2D eigenvalue weighted by atomic mass is 9.94. The zero-order chi connectivity index (χ0) is 21.1. The minimum Gasteiger partial charge on any atom is -0.378 e. The number of benzene rings is 1. The van der Waals surface area contributed by atoms with Crippen molar-refractivity contribution in [2.75, 3.05) is 59.0 Å². The minimum atomic E-state index is 0.132. The Morgan fingerprint density at radius 1 is 1.13 bits per heavy atom. The molecule has 6 nitrogen and oxygen atoms in total. The highest BCUT2D eigenvalue weighted by Crippen LogP contribution is 2.40. The molecule has 2 aliphatic heterocycles. The Morgan fingerprint density at radius 3 is 2.60 bits per heavy atom. The molecule has 0 aliphatic carbocycles. The first kappa shape index (κ1) is 21.3. The van der Waals surface area contributed by atoms with E-state index in [9.17, 15) is 9.59 Å². The second kappa shape index (κ2) is 9.45. The fourth-order valence-corrected chi connectivity index (χ4v) is 5.88. The van der Waals surface area contributed by atoms with Crippen molar-refractivity contribution in [3.8, 4) is 0 Å². The van der Waals surface area contributed by atoms with Crippen LogP contribution in [0.4, 0.5) is 0 Å². The van der Waals surface area contributed by atoms with Gasteiger partial charge in [-0.1, -0.05) is 18.2 Å². The molecule has 30 heavy (non-hydrogen) atoms. The van der Waals surface area contributed by atoms with E-state index in [1.165, 1.54) is 15.6 Å². The van der Waals surface area contributed by atoms with Crippen molar-refractivity contribution in [3.63, 3.8) is 0 Å². The van der Waals surface area contributed by atoms with Crippen molar-refractivity contribution in [1.82, 2.24) is 14.7 Å². The van der Waals surface area contributed by atoms with Gasteiger partial charge in [-0.2, -0.15) is 0 Å². The molecular weight excluding hydrogens is 398 g/mol. The van der Waals surface area contributed by atoms with Crippen molar-refractivity contribution < 1.29 is 14.3 Å². The summed E-state index contributed by atoms with van der Waals surface area (Å²) in [5, 5.41) is 1.20. The van der Waals surface area contributed by atoms with Crippen LogP contribution in [0.25, 0.3) is 10.1 Å². The molecule has 0 radical (unpaired) electrons. The molecule has 2 fully saturated rings. The molecule has 2 amide bonds. The van der Waals surface area contributed by atoms with Gasteiger partial charge in [0.25, 0.3) is 5.91 Å². The summed E-state index contributed by atoms with van der Waals surface area (Å²) in [6.07, 6.45) is 0.982. The van der Waals surface area contributed by atoms with Gasteiger partial charge >= 0.3 is 0 Å². The minimum absolute atomic E-state index is 0.132. The van der Waals surface area contributed by atoms with Gasteiger partial charge in [0.1, 0.15) is 0 Å². The number of carbonyl (C=O) groups is 2. The van der Waals surface area contributed by atoms with Crippen LogP contribution in [0.2, 0.25) is 0 Å². The van der Waals surface area contributed by atoms with Gasteiger partial charge in [-0.15, -0.1) is 11.3 Å².